The van der Waals surface area contributed by atoms with Crippen LogP contribution in [0.25, 0.3) is 0 Å². The van der Waals surface area contributed by atoms with Crippen LogP contribution < -0.4 is 23.6 Å². The molecule has 1 aliphatic rings. The average Bonchev–Trinajstić information content (AvgIpc) is 2.12. The highest BCUT2D eigenvalue weighted by Gasteiger charge is 2.10. The summed E-state index contributed by atoms with van der Waals surface area (Å²) in [4.78, 5) is 12.3. The van der Waals surface area contributed by atoms with Gasteiger partial charge in [0.25, 0.3) is 0 Å². The van der Waals surface area contributed by atoms with E-state index in [2.05, 4.69) is 9.73 Å². The van der Waals surface area contributed by atoms with Gasteiger partial charge in [0.1, 0.15) is 0 Å². The van der Waals surface area contributed by atoms with Gasteiger partial charge >= 0.3 is 12.3 Å². The van der Waals surface area contributed by atoms with Gasteiger partial charge in [-0.25, -0.2) is 23.4 Å². The molecule has 0 saturated heterocycles. The zero-order valence-electron chi connectivity index (χ0n) is 5.11. The lowest BCUT2D eigenvalue weighted by Crippen LogP contribution is -2.70. The van der Waals surface area contributed by atoms with Crippen LogP contribution in [0.15, 0.2) is 0 Å². The lowest BCUT2D eigenvalue weighted by Gasteiger charge is -2.17. The van der Waals surface area contributed by atoms with E-state index in [9.17, 15) is 4.79 Å². The molecule has 0 spiro atoms. The van der Waals surface area contributed by atoms with Crippen molar-refractivity contribution in [2.24, 2.45) is 0 Å². The Morgan fingerprint density at radius 2 is 1.91 bits per heavy atom. The summed E-state index contributed by atoms with van der Waals surface area (Å²) >= 11 is 0. The number of rotatable bonds is 0. The van der Waals surface area contributed by atoms with Gasteiger partial charge in [0.2, 0.25) is 6.61 Å². The molecule has 0 aliphatic carbocycles. The number of hydrogen-bond acceptors (Lipinski definition) is 6. The zero-order valence-corrected chi connectivity index (χ0v) is 5.87. The van der Waals surface area contributed by atoms with Crippen molar-refractivity contribution in [1.29, 1.82) is 0 Å². The van der Waals surface area contributed by atoms with E-state index < -0.39 is 10.2 Å². The number of hydrogen-bond donors (Lipinski definition) is 1. The first-order valence-electron chi connectivity index (χ1n) is 2.24. The van der Waals surface area contributed by atoms with Crippen molar-refractivity contribution in [3.8, 4) is 0 Å². The summed E-state index contributed by atoms with van der Waals surface area (Å²) in [5.41, 5.74) is 0. The van der Waals surface area contributed by atoms with Gasteiger partial charge < -0.3 is 4.74 Å². The molecule has 7 nitrogen and oxygen atoms in total. The van der Waals surface area contributed by atoms with E-state index in [-0.39, 0.29) is 12.5 Å². The molecule has 0 radical (unpaired) electrons. The summed E-state index contributed by atoms with van der Waals surface area (Å²) in [6.07, 6.45) is 1.28. The fourth-order valence-corrected chi connectivity index (χ4v) is 0.266. The number of carbonyl (C=O) groups excluding carboxylic acids is 1. The first-order valence-corrected chi connectivity index (χ1v) is 3.47. The van der Waals surface area contributed by atoms with Gasteiger partial charge in [-0.3, -0.25) is 0 Å². The SMILES string of the molecule is O=C1COC=[NH+]1.[O-][Cl+3]([O-])([O-])[O-]. The number of ether oxygens (including phenoxy) is 1. The monoisotopic (exact) mass is 185 g/mol. The Labute approximate surface area is 63.3 Å². The van der Waals surface area contributed by atoms with Crippen molar-refractivity contribution in [2.45, 2.75) is 0 Å². The van der Waals surface area contributed by atoms with Crippen LogP contribution in [0.3, 0.4) is 0 Å². The minimum absolute atomic E-state index is 0.0741. The Kier molecular flexibility index (Phi) is 3.93. The fraction of sp³-hybridized carbons (Fsp3) is 0.333. The Morgan fingerprint density at radius 3 is 2.00 bits per heavy atom. The summed E-state index contributed by atoms with van der Waals surface area (Å²) in [5.74, 6) is -0.0741. The first kappa shape index (κ1) is 10.3. The maximum atomic E-state index is 9.98. The fourth-order valence-electron chi connectivity index (χ4n) is 0.266. The molecule has 0 aromatic heterocycles. The van der Waals surface area contributed by atoms with Gasteiger partial charge in [0, 0.05) is 0 Å². The van der Waals surface area contributed by atoms with Crippen molar-refractivity contribution in [2.75, 3.05) is 6.61 Å². The van der Waals surface area contributed by atoms with Crippen molar-refractivity contribution in [3.05, 3.63) is 0 Å². The van der Waals surface area contributed by atoms with E-state index in [1.165, 1.54) is 6.40 Å². The van der Waals surface area contributed by atoms with E-state index in [1.54, 1.807) is 0 Å². The van der Waals surface area contributed by atoms with Gasteiger partial charge in [-0.15, -0.1) is 15.2 Å². The molecule has 64 valence electrons. The zero-order chi connectivity index (χ0) is 8.91. The third-order valence-electron chi connectivity index (χ3n) is 0.518. The molecule has 0 saturated carbocycles. The molecule has 0 atom stereocenters. The lowest BCUT2D eigenvalue weighted by atomic mass is 10.7. The summed E-state index contributed by atoms with van der Waals surface area (Å²) in [5, 5.41) is 0. The van der Waals surface area contributed by atoms with Crippen LogP contribution in [-0.2, 0) is 9.53 Å². The van der Waals surface area contributed by atoms with Crippen LogP contribution in [0.1, 0.15) is 0 Å². The van der Waals surface area contributed by atoms with E-state index >= 15 is 0 Å². The van der Waals surface area contributed by atoms with E-state index in [0.717, 1.165) is 0 Å². The van der Waals surface area contributed by atoms with Crippen molar-refractivity contribution in [3.63, 3.8) is 0 Å². The van der Waals surface area contributed by atoms with E-state index in [4.69, 9.17) is 18.6 Å². The smallest absolute Gasteiger partial charge is 0.425 e. The second-order valence-corrected chi connectivity index (χ2v) is 2.13. The Hall–Kier alpha value is -0.730. The quantitative estimate of drug-likeness (QED) is 0.399. The van der Waals surface area contributed by atoms with Gasteiger partial charge in [-0.05, 0) is 0 Å². The topological polar surface area (TPSA) is 133 Å². The number of carbonyl (C=O) groups is 1. The van der Waals surface area contributed by atoms with Crippen LogP contribution >= 0.6 is 0 Å². The molecule has 1 aliphatic heterocycles. The summed E-state index contributed by atoms with van der Waals surface area (Å²) in [7, 11) is -4.94. The molecule has 0 aromatic rings. The first-order chi connectivity index (χ1) is 4.89. The van der Waals surface area contributed by atoms with Gasteiger partial charge in [0.05, 0.1) is 0 Å². The lowest BCUT2D eigenvalue weighted by molar-refractivity contribution is -2.00. The average molecular weight is 186 g/mol. The molecule has 0 unspecified atom stereocenters. The molecule has 8 heteroatoms. The Bertz CT molecular complexity index is 156. The number of amides is 1. The largest absolute Gasteiger partial charge is 0.435 e. The molecule has 0 bridgehead atoms. The predicted octanol–water partition coefficient (Wildman–Crippen LogP) is -7.10. The maximum absolute atomic E-state index is 9.98. The summed E-state index contributed by atoms with van der Waals surface area (Å²) in [6, 6.07) is 0. The molecule has 0 fully saturated rings. The third kappa shape index (κ3) is 12.5. The van der Waals surface area contributed by atoms with Gasteiger partial charge in [0.15, 0.2) is 0 Å². The maximum Gasteiger partial charge on any atom is 0.425 e. The minimum Gasteiger partial charge on any atom is -0.435 e. The molecule has 11 heavy (non-hydrogen) atoms. The Morgan fingerprint density at radius 1 is 1.45 bits per heavy atom. The van der Waals surface area contributed by atoms with Crippen LogP contribution in [0.2, 0.25) is 0 Å². The van der Waals surface area contributed by atoms with E-state index in [1.807, 2.05) is 0 Å². The molecule has 1 rings (SSSR count). The molecule has 1 amide bonds. The standard InChI is InChI=1S/C3H3NO2.ClHO4/c5-3-1-6-2-4-3;2-1(3,4)5/h2H,1H2;(H,2,3,4,5). The molecule has 1 heterocycles. The second kappa shape index (κ2) is 4.21. The molecular weight excluding hydrogens is 181 g/mol. The van der Waals surface area contributed by atoms with Crippen LogP contribution in [0.5, 0.6) is 0 Å². The highest BCUT2D eigenvalue weighted by atomic mass is 35.7. The van der Waals surface area contributed by atoms with Crippen molar-refractivity contribution >= 4 is 12.3 Å². The molecule has 0 aromatic carbocycles. The van der Waals surface area contributed by atoms with Gasteiger partial charge in [-0.2, -0.15) is 0 Å². The van der Waals surface area contributed by atoms with Crippen LogP contribution in [0.4, 0.5) is 0 Å². The summed E-state index contributed by atoms with van der Waals surface area (Å²) < 4.78 is 38.4. The van der Waals surface area contributed by atoms with Crippen LogP contribution in [-0.4, -0.2) is 18.9 Å². The number of nitrogens with one attached hydrogen (secondary N) is 1. The van der Waals surface area contributed by atoms with Crippen molar-refractivity contribution in [1.82, 2.24) is 0 Å². The van der Waals surface area contributed by atoms with Crippen molar-refractivity contribution < 1.29 is 43.4 Å². The van der Waals surface area contributed by atoms with E-state index in [0.29, 0.717) is 0 Å². The Balaban J connectivity index is 0.000000187. The predicted molar refractivity (Wildman–Crippen MR) is 18.0 cm³/mol. The molecular formula is C3H4ClNO6. The second-order valence-electron chi connectivity index (χ2n) is 1.37. The van der Waals surface area contributed by atoms with Gasteiger partial charge in [-0.1, -0.05) is 0 Å². The molecule has 1 N–H and O–H groups in total. The minimum atomic E-state index is -4.94. The summed E-state index contributed by atoms with van der Waals surface area (Å²) in [6.45, 7) is 0.181. The number of halogens is 1. The highest BCUT2D eigenvalue weighted by molar-refractivity contribution is 5.73. The highest BCUT2D eigenvalue weighted by Crippen LogP contribution is 1.62. The third-order valence-corrected chi connectivity index (χ3v) is 0.518. The van der Waals surface area contributed by atoms with Crippen LogP contribution in [0, 0.1) is 10.2 Å². The normalized spacial score (nSPS) is 15.5.